The van der Waals surface area contributed by atoms with Crippen molar-refractivity contribution < 1.29 is 9.50 Å². The number of hydrogen-bond donors (Lipinski definition) is 1. The van der Waals surface area contributed by atoms with Gasteiger partial charge in [0.15, 0.2) is 0 Å². The van der Waals surface area contributed by atoms with E-state index in [9.17, 15) is 9.50 Å². The normalized spacial score (nSPS) is 13.9. The molecule has 0 spiro atoms. The lowest BCUT2D eigenvalue weighted by Gasteiger charge is -2.15. The van der Waals surface area contributed by atoms with Gasteiger partial charge in [0.1, 0.15) is 11.9 Å². The molecule has 2 atom stereocenters. The lowest BCUT2D eigenvalue weighted by atomic mass is 10.2. The third-order valence-corrected chi connectivity index (χ3v) is 5.55. The Morgan fingerprint density at radius 1 is 1.18 bits per heavy atom. The number of fused-ring (bicyclic) bond motifs is 1. The first kappa shape index (κ1) is 18.8. The maximum absolute atomic E-state index is 14.6. The molecule has 0 aliphatic rings. The van der Waals surface area contributed by atoms with Gasteiger partial charge < -0.3 is 9.67 Å². The van der Waals surface area contributed by atoms with E-state index in [1.807, 2.05) is 48.0 Å². The summed E-state index contributed by atoms with van der Waals surface area (Å²) in [5.41, 5.74) is 3.59. The SMILES string of the molecule is Cc1cc(C)n2cc(CCc3nc(-c4cccs4)cn3C(F)C(C)O)nc2n1. The molecule has 146 valence electrons. The van der Waals surface area contributed by atoms with Gasteiger partial charge >= 0.3 is 0 Å². The third kappa shape index (κ3) is 3.57. The molecule has 1 N–H and O–H groups in total. The standard InChI is InChI=1S/C20H22FN5OS/c1-12-9-13(2)25-10-15(23-20(25)22-12)6-7-18-24-16(17-5-4-8-28-17)11-26(18)19(21)14(3)27/h4-5,8-11,14,19,27H,6-7H2,1-3H3. The monoisotopic (exact) mass is 399 g/mol. The number of halogens is 1. The van der Waals surface area contributed by atoms with Crippen LogP contribution < -0.4 is 0 Å². The number of thiophene rings is 1. The molecule has 4 aromatic rings. The molecule has 0 saturated carbocycles. The zero-order valence-corrected chi connectivity index (χ0v) is 16.8. The molecule has 4 aromatic heterocycles. The summed E-state index contributed by atoms with van der Waals surface area (Å²) < 4.78 is 18.0. The highest BCUT2D eigenvalue weighted by Crippen LogP contribution is 2.27. The minimum atomic E-state index is -1.54. The van der Waals surface area contributed by atoms with E-state index in [0.717, 1.165) is 27.7 Å². The van der Waals surface area contributed by atoms with Crippen LogP contribution in [-0.2, 0) is 12.8 Å². The highest BCUT2D eigenvalue weighted by molar-refractivity contribution is 7.13. The van der Waals surface area contributed by atoms with Crippen molar-refractivity contribution in [3.63, 3.8) is 0 Å². The number of alkyl halides is 1. The smallest absolute Gasteiger partial charge is 0.234 e. The Kier molecular flexibility index (Phi) is 4.99. The first-order valence-electron chi connectivity index (χ1n) is 9.18. The van der Waals surface area contributed by atoms with Crippen LogP contribution in [0.15, 0.2) is 36.0 Å². The average Bonchev–Trinajstić information content (AvgIpc) is 3.37. The topological polar surface area (TPSA) is 68.2 Å². The zero-order valence-electron chi connectivity index (χ0n) is 16.0. The molecule has 0 radical (unpaired) electrons. The van der Waals surface area contributed by atoms with E-state index in [4.69, 9.17) is 0 Å². The summed E-state index contributed by atoms with van der Waals surface area (Å²) in [6, 6.07) is 5.90. The molecule has 0 bridgehead atoms. The molecule has 0 fully saturated rings. The molecular formula is C20H22FN5OS. The van der Waals surface area contributed by atoms with Gasteiger partial charge in [0.05, 0.1) is 16.3 Å². The number of hydrogen-bond acceptors (Lipinski definition) is 5. The van der Waals surface area contributed by atoms with Crippen molar-refractivity contribution in [2.75, 3.05) is 0 Å². The Hall–Kier alpha value is -2.58. The summed E-state index contributed by atoms with van der Waals surface area (Å²) in [5, 5.41) is 11.7. The van der Waals surface area contributed by atoms with E-state index < -0.39 is 12.4 Å². The summed E-state index contributed by atoms with van der Waals surface area (Å²) in [6.07, 6.45) is 2.11. The zero-order chi connectivity index (χ0) is 19.8. The van der Waals surface area contributed by atoms with Crippen molar-refractivity contribution >= 4 is 17.1 Å². The van der Waals surface area contributed by atoms with Crippen LogP contribution >= 0.6 is 11.3 Å². The van der Waals surface area contributed by atoms with Crippen LogP contribution in [0.2, 0.25) is 0 Å². The van der Waals surface area contributed by atoms with Gasteiger partial charge in [0.2, 0.25) is 12.1 Å². The highest BCUT2D eigenvalue weighted by atomic mass is 32.1. The van der Waals surface area contributed by atoms with Gasteiger partial charge in [-0.25, -0.2) is 19.3 Å². The van der Waals surface area contributed by atoms with E-state index in [2.05, 4.69) is 15.0 Å². The predicted octanol–water partition coefficient (Wildman–Crippen LogP) is 3.91. The van der Waals surface area contributed by atoms with Crippen LogP contribution in [0.1, 0.15) is 36.1 Å². The fourth-order valence-electron chi connectivity index (χ4n) is 3.28. The Labute approximate surface area is 166 Å². The second-order valence-electron chi connectivity index (χ2n) is 6.98. The van der Waals surface area contributed by atoms with Crippen molar-refractivity contribution in [1.29, 1.82) is 0 Å². The van der Waals surface area contributed by atoms with Crippen molar-refractivity contribution in [3.8, 4) is 10.6 Å². The summed E-state index contributed by atoms with van der Waals surface area (Å²) >= 11 is 1.55. The maximum atomic E-state index is 14.6. The summed E-state index contributed by atoms with van der Waals surface area (Å²) in [6.45, 7) is 5.41. The van der Waals surface area contributed by atoms with Gasteiger partial charge in [-0.1, -0.05) is 6.07 Å². The van der Waals surface area contributed by atoms with Crippen molar-refractivity contribution in [2.24, 2.45) is 0 Å². The van der Waals surface area contributed by atoms with Gasteiger partial charge in [-0.15, -0.1) is 11.3 Å². The highest BCUT2D eigenvalue weighted by Gasteiger charge is 2.21. The van der Waals surface area contributed by atoms with Gasteiger partial charge in [0.25, 0.3) is 0 Å². The fourth-order valence-corrected chi connectivity index (χ4v) is 3.96. The number of aromatic nitrogens is 5. The molecule has 0 saturated heterocycles. The summed E-state index contributed by atoms with van der Waals surface area (Å²) in [4.78, 5) is 14.6. The van der Waals surface area contributed by atoms with Crippen LogP contribution in [0.4, 0.5) is 4.39 Å². The van der Waals surface area contributed by atoms with Crippen LogP contribution in [0.25, 0.3) is 16.3 Å². The summed E-state index contributed by atoms with van der Waals surface area (Å²) in [7, 11) is 0. The molecule has 0 aromatic carbocycles. The Bertz CT molecular complexity index is 1100. The van der Waals surface area contributed by atoms with Gasteiger partial charge in [-0.3, -0.25) is 4.40 Å². The molecule has 28 heavy (non-hydrogen) atoms. The van der Waals surface area contributed by atoms with Crippen LogP contribution in [-0.4, -0.2) is 35.1 Å². The van der Waals surface area contributed by atoms with E-state index in [0.29, 0.717) is 24.4 Å². The van der Waals surface area contributed by atoms with Gasteiger partial charge in [0, 0.05) is 30.2 Å². The Morgan fingerprint density at radius 3 is 2.71 bits per heavy atom. The molecule has 4 heterocycles. The number of imidazole rings is 2. The number of aliphatic hydroxyl groups is 1. The Morgan fingerprint density at radius 2 is 2.00 bits per heavy atom. The van der Waals surface area contributed by atoms with Gasteiger partial charge in [-0.05, 0) is 44.7 Å². The molecule has 0 amide bonds. The number of aryl methyl sites for hydroxylation is 4. The van der Waals surface area contributed by atoms with Crippen LogP contribution in [0.3, 0.4) is 0 Å². The molecule has 4 rings (SSSR count). The fraction of sp³-hybridized carbons (Fsp3) is 0.350. The second kappa shape index (κ2) is 7.44. The minimum absolute atomic E-state index is 0.514. The van der Waals surface area contributed by atoms with E-state index >= 15 is 0 Å². The molecule has 8 heteroatoms. The first-order chi connectivity index (χ1) is 13.4. The molecule has 0 aliphatic carbocycles. The van der Waals surface area contributed by atoms with Crippen LogP contribution in [0.5, 0.6) is 0 Å². The van der Waals surface area contributed by atoms with E-state index in [1.165, 1.54) is 11.5 Å². The summed E-state index contributed by atoms with van der Waals surface area (Å²) in [5.74, 6) is 1.26. The molecular weight excluding hydrogens is 377 g/mol. The molecule has 0 aliphatic heterocycles. The number of nitrogens with zero attached hydrogens (tertiary/aromatic N) is 5. The second-order valence-corrected chi connectivity index (χ2v) is 7.93. The minimum Gasteiger partial charge on any atom is -0.388 e. The van der Waals surface area contributed by atoms with Crippen LogP contribution in [0, 0.1) is 13.8 Å². The number of aliphatic hydroxyl groups excluding tert-OH is 1. The van der Waals surface area contributed by atoms with E-state index in [-0.39, 0.29) is 0 Å². The van der Waals surface area contributed by atoms with Crippen molar-refractivity contribution in [1.82, 2.24) is 23.9 Å². The Balaban J connectivity index is 1.62. The third-order valence-electron chi connectivity index (χ3n) is 4.66. The van der Waals surface area contributed by atoms with Crippen molar-refractivity contribution in [3.05, 3.63) is 58.9 Å². The lowest BCUT2D eigenvalue weighted by Crippen LogP contribution is -2.19. The largest absolute Gasteiger partial charge is 0.388 e. The number of rotatable bonds is 6. The first-order valence-corrected chi connectivity index (χ1v) is 10.1. The average molecular weight is 399 g/mol. The lowest BCUT2D eigenvalue weighted by molar-refractivity contribution is 0.0463. The van der Waals surface area contributed by atoms with E-state index in [1.54, 1.807) is 17.5 Å². The predicted molar refractivity (Wildman–Crippen MR) is 107 cm³/mol. The van der Waals surface area contributed by atoms with Gasteiger partial charge in [-0.2, -0.15) is 0 Å². The maximum Gasteiger partial charge on any atom is 0.234 e. The molecule has 2 unspecified atom stereocenters. The molecule has 6 nitrogen and oxygen atoms in total. The van der Waals surface area contributed by atoms with Crippen molar-refractivity contribution in [2.45, 2.75) is 46.0 Å². The quantitative estimate of drug-likeness (QED) is 0.534.